The van der Waals surface area contributed by atoms with Crippen molar-refractivity contribution in [3.63, 3.8) is 0 Å². The molecule has 3 heterocycles. The predicted octanol–water partition coefficient (Wildman–Crippen LogP) is 8.42. The maximum atomic E-state index is 13.0. The summed E-state index contributed by atoms with van der Waals surface area (Å²) < 4.78 is 23.3. The molecule has 2 aliphatic heterocycles. The van der Waals surface area contributed by atoms with Gasteiger partial charge in [-0.3, -0.25) is 29.4 Å². The number of carbonyl (C=O) groups excluding carboxylic acids is 4. The van der Waals surface area contributed by atoms with Crippen LogP contribution < -0.4 is 20.1 Å². The van der Waals surface area contributed by atoms with Crippen molar-refractivity contribution in [2.24, 2.45) is 0 Å². The molecule has 0 spiro atoms. The predicted molar refractivity (Wildman–Crippen MR) is 237 cm³/mol. The van der Waals surface area contributed by atoms with E-state index < -0.39 is 29.7 Å². The van der Waals surface area contributed by atoms with E-state index in [9.17, 15) is 19.2 Å². The van der Waals surface area contributed by atoms with Crippen LogP contribution in [0.25, 0.3) is 5.76 Å². The normalized spacial score (nSPS) is 15.0. The zero-order valence-electron chi connectivity index (χ0n) is 36.2. The molecule has 3 aromatic carbocycles. The molecule has 13 nitrogen and oxygen atoms in total. The van der Waals surface area contributed by atoms with Gasteiger partial charge in [0.15, 0.2) is 11.6 Å². The molecule has 1 saturated heterocycles. The van der Waals surface area contributed by atoms with Crippen LogP contribution in [-0.2, 0) is 31.1 Å². The lowest BCUT2D eigenvalue weighted by Gasteiger charge is -2.27. The first-order chi connectivity index (χ1) is 30.0. The average molecular weight is 846 g/mol. The zero-order valence-corrected chi connectivity index (χ0v) is 36.2. The maximum Gasteiger partial charge on any atom is 0.262 e. The monoisotopic (exact) mass is 845 g/mol. The first-order valence-electron chi connectivity index (χ1n) is 21.8. The molecule has 0 radical (unpaired) electrons. The third-order valence-corrected chi connectivity index (χ3v) is 11.3. The smallest absolute Gasteiger partial charge is 0.262 e. The molecule has 1 aromatic heterocycles. The number of carbonyl (C=O) groups is 4. The number of imide groups is 2. The maximum absolute atomic E-state index is 13.0. The van der Waals surface area contributed by atoms with Crippen LogP contribution in [0.5, 0.6) is 11.5 Å². The number of rotatable bonds is 25. The summed E-state index contributed by atoms with van der Waals surface area (Å²) in [5, 5.41) is 5.53. The Hall–Kier alpha value is -6.08. The minimum atomic E-state index is -0.968. The van der Waals surface area contributed by atoms with E-state index in [0.717, 1.165) is 72.8 Å². The summed E-state index contributed by atoms with van der Waals surface area (Å²) in [6, 6.07) is 20.7. The third kappa shape index (κ3) is 12.1. The number of ether oxygens (including phenoxy) is 4. The number of benzene rings is 3. The summed E-state index contributed by atoms with van der Waals surface area (Å²) in [6.45, 7) is 13.9. The molecule has 0 saturated carbocycles. The SMILES string of the molecule is C=C(OCC)c1ncc(COc2ccc(C(C)(C)c3ccc(OCCCCCCCCOCCCCNc4ccc5c(c4)C(=O)N(C4CCC(=O)NC4=O)C5=O)cc3)cc2)cn1. The number of hydrogen-bond acceptors (Lipinski definition) is 11. The molecule has 13 heteroatoms. The number of anilines is 1. The standard InChI is InChI=1S/C49H59N5O8/c1-5-60-34(2)45-51-31-35(32-52-45)33-62-40-21-16-37(17-22-40)49(3,4)36-14-19-39(20-15-36)61-29-12-9-7-6-8-11-27-59-28-13-10-26-50-38-18-23-41-42(30-38)48(58)54(47(41)57)43-24-25-44(55)53-46(43)56/h14-23,30-32,43,50H,2,5-13,24-29,33H2,1,3-4H3,(H,53,55,56). The lowest BCUT2D eigenvalue weighted by molar-refractivity contribution is -0.136. The highest BCUT2D eigenvalue weighted by atomic mass is 16.5. The van der Waals surface area contributed by atoms with Gasteiger partial charge in [-0.15, -0.1) is 0 Å². The minimum absolute atomic E-state index is 0.0930. The van der Waals surface area contributed by atoms with Gasteiger partial charge >= 0.3 is 0 Å². The van der Waals surface area contributed by atoms with Crippen molar-refractivity contribution < 1.29 is 38.1 Å². The van der Waals surface area contributed by atoms with Crippen molar-refractivity contribution in [2.45, 2.75) is 103 Å². The lowest BCUT2D eigenvalue weighted by Crippen LogP contribution is -2.54. The van der Waals surface area contributed by atoms with Crippen molar-refractivity contribution in [1.29, 1.82) is 0 Å². The van der Waals surface area contributed by atoms with Crippen molar-refractivity contribution in [3.8, 4) is 11.5 Å². The van der Waals surface area contributed by atoms with Gasteiger partial charge in [-0.2, -0.15) is 0 Å². The zero-order chi connectivity index (χ0) is 43.9. The Balaban J connectivity index is 0.770. The molecule has 4 amide bonds. The molecule has 0 aliphatic carbocycles. The fourth-order valence-corrected chi connectivity index (χ4v) is 7.53. The Morgan fingerprint density at radius 2 is 1.37 bits per heavy atom. The van der Waals surface area contributed by atoms with Gasteiger partial charge in [0.05, 0.1) is 24.3 Å². The van der Waals surface area contributed by atoms with E-state index in [4.69, 9.17) is 18.9 Å². The van der Waals surface area contributed by atoms with Gasteiger partial charge in [0.2, 0.25) is 11.8 Å². The topological polar surface area (TPSA) is 158 Å². The number of amides is 4. The van der Waals surface area contributed by atoms with Crippen LogP contribution in [0.4, 0.5) is 5.69 Å². The Labute approximate surface area is 364 Å². The van der Waals surface area contributed by atoms with Gasteiger partial charge < -0.3 is 24.3 Å². The first-order valence-corrected chi connectivity index (χ1v) is 21.8. The van der Waals surface area contributed by atoms with Crippen LogP contribution in [0.3, 0.4) is 0 Å². The van der Waals surface area contributed by atoms with E-state index in [0.29, 0.717) is 44.6 Å². The minimum Gasteiger partial charge on any atom is -0.494 e. The van der Waals surface area contributed by atoms with Crippen molar-refractivity contribution in [1.82, 2.24) is 20.2 Å². The summed E-state index contributed by atoms with van der Waals surface area (Å²) in [6.07, 6.45) is 12.2. The van der Waals surface area contributed by atoms with Crippen LogP contribution in [0, 0.1) is 0 Å². The van der Waals surface area contributed by atoms with Gasteiger partial charge in [-0.05, 0) is 92.6 Å². The van der Waals surface area contributed by atoms with Crippen LogP contribution in [0.1, 0.15) is 128 Å². The Bertz CT molecular complexity index is 2150. The average Bonchev–Trinajstić information content (AvgIpc) is 3.52. The number of fused-ring (bicyclic) bond motifs is 1. The van der Waals surface area contributed by atoms with E-state index >= 15 is 0 Å². The van der Waals surface area contributed by atoms with Gasteiger partial charge in [0, 0.05) is 55.2 Å². The van der Waals surface area contributed by atoms with Crippen molar-refractivity contribution in [2.75, 3.05) is 38.3 Å². The van der Waals surface area contributed by atoms with E-state index in [1.165, 1.54) is 24.0 Å². The second-order valence-corrected chi connectivity index (χ2v) is 16.2. The fourth-order valence-electron chi connectivity index (χ4n) is 7.53. The van der Waals surface area contributed by atoms with Crippen molar-refractivity contribution >= 4 is 35.1 Å². The van der Waals surface area contributed by atoms with Gasteiger partial charge in [0.25, 0.3) is 11.8 Å². The second-order valence-electron chi connectivity index (χ2n) is 16.2. The quantitative estimate of drug-likeness (QED) is 0.0375. The molecular weight excluding hydrogens is 787 g/mol. The van der Waals surface area contributed by atoms with Gasteiger partial charge in [-0.1, -0.05) is 70.4 Å². The van der Waals surface area contributed by atoms with E-state index in [1.54, 1.807) is 30.6 Å². The molecule has 2 aliphatic rings. The van der Waals surface area contributed by atoms with Gasteiger partial charge in [0.1, 0.15) is 24.1 Å². The van der Waals surface area contributed by atoms with Crippen LogP contribution in [0.2, 0.25) is 0 Å². The van der Waals surface area contributed by atoms with Crippen LogP contribution in [-0.4, -0.2) is 77.5 Å². The van der Waals surface area contributed by atoms with E-state index in [-0.39, 0.29) is 29.4 Å². The van der Waals surface area contributed by atoms with E-state index in [1.807, 2.05) is 19.1 Å². The summed E-state index contributed by atoms with van der Waals surface area (Å²) in [7, 11) is 0. The molecule has 1 atom stereocenters. The lowest BCUT2D eigenvalue weighted by atomic mass is 9.78. The molecule has 6 rings (SSSR count). The van der Waals surface area contributed by atoms with Crippen molar-refractivity contribution in [3.05, 3.63) is 119 Å². The number of piperidine rings is 1. The van der Waals surface area contributed by atoms with Crippen LogP contribution in [0.15, 0.2) is 85.7 Å². The number of nitrogens with one attached hydrogen (secondary N) is 2. The number of hydrogen-bond donors (Lipinski definition) is 2. The largest absolute Gasteiger partial charge is 0.494 e. The number of aromatic nitrogens is 2. The fraction of sp³-hybridized carbons (Fsp3) is 0.429. The molecule has 4 aromatic rings. The highest BCUT2D eigenvalue weighted by molar-refractivity contribution is 6.23. The molecule has 1 fully saturated rings. The molecule has 328 valence electrons. The first kappa shape index (κ1) is 45.4. The Morgan fingerprint density at radius 1 is 0.774 bits per heavy atom. The number of unbranched alkanes of at least 4 members (excludes halogenated alkanes) is 6. The number of nitrogens with zero attached hydrogens (tertiary/aromatic N) is 3. The van der Waals surface area contributed by atoms with Gasteiger partial charge in [-0.25, -0.2) is 9.97 Å². The highest BCUT2D eigenvalue weighted by Gasteiger charge is 2.44. The summed E-state index contributed by atoms with van der Waals surface area (Å²) in [4.78, 5) is 59.4. The molecule has 0 bridgehead atoms. The molecule has 1 unspecified atom stereocenters. The summed E-state index contributed by atoms with van der Waals surface area (Å²) >= 11 is 0. The van der Waals surface area contributed by atoms with Crippen LogP contribution >= 0.6 is 0 Å². The third-order valence-electron chi connectivity index (χ3n) is 11.3. The van der Waals surface area contributed by atoms with E-state index in [2.05, 4.69) is 77.4 Å². The highest BCUT2D eigenvalue weighted by Crippen LogP contribution is 2.34. The Kier molecular flexibility index (Phi) is 16.2. The Morgan fingerprint density at radius 3 is 2.02 bits per heavy atom. The molecular formula is C49H59N5O8. The summed E-state index contributed by atoms with van der Waals surface area (Å²) in [5.74, 6) is 0.585. The molecule has 62 heavy (non-hydrogen) atoms. The summed E-state index contributed by atoms with van der Waals surface area (Å²) in [5.41, 5.74) is 4.35. The molecule has 2 N–H and O–H groups in total. The second kappa shape index (κ2) is 22.1.